The van der Waals surface area contributed by atoms with Crippen LogP contribution in [-0.4, -0.2) is 38.1 Å². The molecule has 0 fully saturated rings. The number of ether oxygens (including phenoxy) is 1. The molecule has 9 nitrogen and oxygen atoms in total. The van der Waals surface area contributed by atoms with Crippen molar-refractivity contribution in [1.82, 2.24) is 4.98 Å². The van der Waals surface area contributed by atoms with Gasteiger partial charge in [0, 0.05) is 23.2 Å². The van der Waals surface area contributed by atoms with E-state index in [9.17, 15) is 24.9 Å². The summed E-state index contributed by atoms with van der Waals surface area (Å²) in [5.74, 6) is -1.81. The first kappa shape index (κ1) is 28.1. The van der Waals surface area contributed by atoms with Crippen molar-refractivity contribution in [3.05, 3.63) is 51.3 Å². The maximum atomic E-state index is 13.5. The molecule has 1 aliphatic heterocycles. The number of benzene rings is 1. The van der Waals surface area contributed by atoms with Gasteiger partial charge in [0.1, 0.15) is 39.8 Å². The average molecular weight is 552 g/mol. The van der Waals surface area contributed by atoms with Crippen molar-refractivity contribution in [2.24, 2.45) is 11.0 Å². The first-order valence-electron chi connectivity index (χ1n) is 12.7. The smallest absolute Gasteiger partial charge is 0.203 e. The van der Waals surface area contributed by atoms with Crippen LogP contribution < -0.4 is 10.2 Å². The lowest BCUT2D eigenvalue weighted by molar-refractivity contribution is -0.123. The number of aliphatic hydroxyl groups is 1. The molecule has 1 unspecified atom stereocenters. The van der Waals surface area contributed by atoms with E-state index in [0.29, 0.717) is 16.7 Å². The first-order chi connectivity index (χ1) is 18.4. The van der Waals surface area contributed by atoms with Gasteiger partial charge in [-0.3, -0.25) is 15.0 Å². The number of aliphatic hydroxyl groups excluding tert-OH is 1. The number of hydrogen-bond acceptors (Lipinski definition) is 10. The van der Waals surface area contributed by atoms with E-state index in [1.54, 1.807) is 5.38 Å². The van der Waals surface area contributed by atoms with E-state index in [-0.39, 0.29) is 45.3 Å². The Bertz CT molecular complexity index is 1480. The molecule has 1 aromatic carbocycles. The zero-order valence-electron chi connectivity index (χ0n) is 22.9. The molecule has 2 atom stereocenters. The van der Waals surface area contributed by atoms with Gasteiger partial charge in [-0.1, -0.05) is 18.6 Å². The minimum Gasteiger partial charge on any atom is -0.507 e. The van der Waals surface area contributed by atoms with Crippen LogP contribution in [0.3, 0.4) is 0 Å². The lowest BCUT2D eigenvalue weighted by atomic mass is 9.71. The topological polar surface area (TPSA) is 141 Å². The Hall–Kier alpha value is -3.92. The number of allylic oxidation sites excluding steroid dienone is 5. The van der Waals surface area contributed by atoms with E-state index < -0.39 is 22.7 Å². The fourth-order valence-electron chi connectivity index (χ4n) is 4.82. The van der Waals surface area contributed by atoms with E-state index in [1.807, 2.05) is 6.21 Å². The van der Waals surface area contributed by atoms with Crippen molar-refractivity contribution in [3.8, 4) is 28.5 Å². The van der Waals surface area contributed by atoms with Crippen molar-refractivity contribution in [2.75, 3.05) is 5.43 Å². The number of aromatic hydroxyl groups is 2. The summed E-state index contributed by atoms with van der Waals surface area (Å²) in [6.07, 6.45) is 8.17. The highest BCUT2D eigenvalue weighted by molar-refractivity contribution is 7.14. The zero-order valence-corrected chi connectivity index (χ0v) is 23.7. The van der Waals surface area contributed by atoms with Crippen molar-refractivity contribution in [2.45, 2.75) is 66.2 Å². The molecular formula is C29H33N3O6S. The second-order valence-electron chi connectivity index (χ2n) is 10.4. The van der Waals surface area contributed by atoms with Gasteiger partial charge in [0.15, 0.2) is 11.6 Å². The highest BCUT2D eigenvalue weighted by Gasteiger charge is 2.55. The Kier molecular flexibility index (Phi) is 7.70. The summed E-state index contributed by atoms with van der Waals surface area (Å²) in [5, 5.41) is 38.8. The van der Waals surface area contributed by atoms with Crippen molar-refractivity contribution in [3.63, 3.8) is 0 Å². The first-order valence-corrected chi connectivity index (χ1v) is 13.6. The van der Waals surface area contributed by atoms with Crippen LogP contribution in [-0.2, 0) is 15.0 Å². The van der Waals surface area contributed by atoms with Crippen molar-refractivity contribution < 1.29 is 29.6 Å². The van der Waals surface area contributed by atoms with Crippen LogP contribution in [0.1, 0.15) is 65.0 Å². The summed E-state index contributed by atoms with van der Waals surface area (Å²) in [5.41, 5.74) is 3.08. The largest absolute Gasteiger partial charge is 0.507 e. The monoisotopic (exact) mass is 551 g/mol. The quantitative estimate of drug-likeness (QED) is 0.125. The van der Waals surface area contributed by atoms with E-state index >= 15 is 0 Å². The number of phenolic OH excluding ortho intramolecular Hbond substituents is 2. The number of Topliss-reactive ketones (excluding diaryl/α,β-unsaturated/α-hetero) is 2. The molecule has 0 saturated heterocycles. The van der Waals surface area contributed by atoms with Gasteiger partial charge < -0.3 is 20.1 Å². The number of anilines is 1. The van der Waals surface area contributed by atoms with Crippen LogP contribution >= 0.6 is 11.3 Å². The van der Waals surface area contributed by atoms with Crippen LogP contribution in [0.15, 0.2) is 45.3 Å². The number of aromatic nitrogens is 1. The van der Waals surface area contributed by atoms with Crippen LogP contribution in [0, 0.1) is 12.8 Å². The third-order valence-electron chi connectivity index (χ3n) is 7.13. The fraction of sp³-hybridized carbons (Fsp3) is 0.379. The average Bonchev–Trinajstić information content (AvgIpc) is 3.43. The number of ketones is 2. The molecule has 0 bridgehead atoms. The number of carbonyl (C=O) groups is 2. The van der Waals surface area contributed by atoms with Crippen LogP contribution in [0.25, 0.3) is 11.3 Å². The van der Waals surface area contributed by atoms with Crippen LogP contribution in [0.2, 0.25) is 0 Å². The molecule has 4 N–H and O–H groups in total. The number of thiazole rings is 1. The van der Waals surface area contributed by atoms with Gasteiger partial charge in [-0.15, -0.1) is 11.3 Å². The van der Waals surface area contributed by atoms with Gasteiger partial charge in [-0.25, -0.2) is 4.98 Å². The van der Waals surface area contributed by atoms with Gasteiger partial charge in [-0.05, 0) is 59.8 Å². The molecular weight excluding hydrogens is 518 g/mol. The predicted molar refractivity (Wildman–Crippen MR) is 152 cm³/mol. The minimum absolute atomic E-state index is 0.0424. The number of hydrazone groups is 1. The number of fused-ring (bicyclic) bond motifs is 3. The summed E-state index contributed by atoms with van der Waals surface area (Å²) in [6, 6.07) is 0. The lowest BCUT2D eigenvalue weighted by Crippen LogP contribution is -2.38. The Labute approximate surface area is 231 Å². The summed E-state index contributed by atoms with van der Waals surface area (Å²) in [6.45, 7) is 10.6. The van der Waals surface area contributed by atoms with Crippen molar-refractivity contribution >= 4 is 34.2 Å². The number of phenols is 2. The normalized spacial score (nSPS) is 18.9. The maximum absolute atomic E-state index is 13.5. The number of hydrogen-bond donors (Lipinski definition) is 4. The molecule has 0 amide bonds. The van der Waals surface area contributed by atoms with Gasteiger partial charge in [0.2, 0.25) is 5.13 Å². The summed E-state index contributed by atoms with van der Waals surface area (Å²) in [7, 11) is 0. The highest BCUT2D eigenvalue weighted by Crippen LogP contribution is 2.60. The lowest BCUT2D eigenvalue weighted by Gasteiger charge is -2.28. The predicted octanol–water partition coefficient (Wildman–Crippen LogP) is 6.22. The molecule has 0 saturated carbocycles. The summed E-state index contributed by atoms with van der Waals surface area (Å²) >= 11 is 1.27. The minimum atomic E-state index is -1.57. The van der Waals surface area contributed by atoms with Crippen LogP contribution in [0.5, 0.6) is 17.2 Å². The molecule has 0 radical (unpaired) electrons. The van der Waals surface area contributed by atoms with Crippen molar-refractivity contribution in [1.29, 1.82) is 0 Å². The molecule has 39 heavy (non-hydrogen) atoms. The molecule has 2 aliphatic rings. The third-order valence-corrected chi connectivity index (χ3v) is 7.88. The molecule has 206 valence electrons. The van der Waals surface area contributed by atoms with E-state index in [2.05, 4.69) is 42.4 Å². The molecule has 1 aromatic heterocycles. The Balaban J connectivity index is 1.63. The Morgan fingerprint density at radius 3 is 2.64 bits per heavy atom. The molecule has 2 heterocycles. The van der Waals surface area contributed by atoms with E-state index in [1.165, 1.54) is 43.8 Å². The van der Waals surface area contributed by atoms with Gasteiger partial charge in [0.25, 0.3) is 0 Å². The van der Waals surface area contributed by atoms with Gasteiger partial charge >= 0.3 is 0 Å². The maximum Gasteiger partial charge on any atom is 0.203 e. The van der Waals surface area contributed by atoms with Crippen LogP contribution in [0.4, 0.5) is 5.13 Å². The van der Waals surface area contributed by atoms with E-state index in [4.69, 9.17) is 4.74 Å². The molecule has 1 aliphatic carbocycles. The summed E-state index contributed by atoms with van der Waals surface area (Å²) < 4.78 is 5.99. The van der Waals surface area contributed by atoms with Gasteiger partial charge in [-0.2, -0.15) is 5.10 Å². The fourth-order valence-corrected chi connectivity index (χ4v) is 5.47. The molecule has 2 aromatic rings. The highest BCUT2D eigenvalue weighted by atomic mass is 32.1. The number of nitrogens with zero attached hydrogens (tertiary/aromatic N) is 2. The number of rotatable bonds is 9. The Morgan fingerprint density at radius 2 is 1.97 bits per heavy atom. The number of nitrogens with one attached hydrogen (secondary N) is 1. The molecule has 4 rings (SSSR count). The van der Waals surface area contributed by atoms with E-state index in [0.717, 1.165) is 19.3 Å². The zero-order chi connectivity index (χ0) is 28.6. The standard InChI is InChI=1S/C29H33N3O6S/c1-14(2)8-7-9-15(3)10-11-30-32-28-31-18(13-39-28)22-24(35)16(4)25(36)23-26(22)38-20-12-19(34)21(17(5)33)27(37)29(20,23)6/h8,11-13,15,34-36H,7,9-10H2,1-6H3,(H,31,32)/b30-11+/t15?,29-/m0/s1. The second kappa shape index (κ2) is 10.7. The molecule has 10 heteroatoms. The second-order valence-corrected chi connectivity index (χ2v) is 11.3. The number of carbonyl (C=O) groups excluding carboxylic acids is 2. The SMILES string of the molecule is CC(=O)C1=C(O)C=C2Oc3c(-c4csc(N/N=C/CC(C)CCC=C(C)C)n4)c(O)c(C)c(O)c3[C@@]2(C)C1=O. The van der Waals surface area contributed by atoms with Gasteiger partial charge in [0.05, 0.1) is 16.8 Å². The summed E-state index contributed by atoms with van der Waals surface area (Å²) in [4.78, 5) is 30.1. The third kappa shape index (κ3) is 4.96. The molecule has 0 spiro atoms. The Morgan fingerprint density at radius 1 is 1.26 bits per heavy atom.